The molecule has 0 aliphatic heterocycles. The Morgan fingerprint density at radius 1 is 0.844 bits per heavy atom. The number of halogens is 3. The maximum atomic E-state index is 14.5. The molecule has 0 aromatic heterocycles. The molecule has 1 unspecified atom stereocenters. The molecule has 0 saturated heterocycles. The molecule has 1 N–H and O–H groups in total. The fourth-order valence-corrected chi connectivity index (χ4v) is 6.88. The second kappa shape index (κ2) is 15.3. The van der Waals surface area contributed by atoms with E-state index in [9.17, 15) is 18.0 Å². The van der Waals surface area contributed by atoms with Gasteiger partial charge in [-0.1, -0.05) is 99.3 Å². The molecule has 0 aliphatic carbocycles. The van der Waals surface area contributed by atoms with E-state index in [1.807, 2.05) is 51.1 Å². The largest absolute Gasteiger partial charge is 0.352 e. The summed E-state index contributed by atoms with van der Waals surface area (Å²) in [6.07, 6.45) is 0.202. The van der Waals surface area contributed by atoms with Crippen LogP contribution in [0.2, 0.25) is 10.0 Å². The predicted octanol–water partition coefficient (Wildman–Crippen LogP) is 7.42. The van der Waals surface area contributed by atoms with Crippen molar-refractivity contribution in [3.8, 4) is 0 Å². The van der Waals surface area contributed by atoms with Crippen LogP contribution in [-0.2, 0) is 32.6 Å². The van der Waals surface area contributed by atoms with E-state index in [1.165, 1.54) is 17.0 Å². The lowest BCUT2D eigenvalue weighted by Crippen LogP contribution is -2.54. The highest BCUT2D eigenvalue weighted by Gasteiger charge is 2.35. The number of hydrogen-bond donors (Lipinski definition) is 1. The third-order valence-electron chi connectivity index (χ3n) is 7.02. The van der Waals surface area contributed by atoms with Crippen molar-refractivity contribution >= 4 is 66.7 Å². The Kier molecular flexibility index (Phi) is 11.7. The van der Waals surface area contributed by atoms with Crippen molar-refractivity contribution < 1.29 is 18.0 Å². The highest BCUT2D eigenvalue weighted by molar-refractivity contribution is 9.10. The molecule has 0 aliphatic rings. The molecule has 4 aromatic rings. The van der Waals surface area contributed by atoms with Gasteiger partial charge in [0, 0.05) is 23.5 Å². The van der Waals surface area contributed by atoms with Gasteiger partial charge in [0.15, 0.2) is 0 Å². The number of carbonyl (C=O) groups is 2. The van der Waals surface area contributed by atoms with E-state index in [4.69, 9.17) is 23.2 Å². The lowest BCUT2D eigenvalue weighted by atomic mass is 10.0. The van der Waals surface area contributed by atoms with Crippen molar-refractivity contribution in [3.63, 3.8) is 0 Å². The van der Waals surface area contributed by atoms with Gasteiger partial charge in [0.25, 0.3) is 10.0 Å². The van der Waals surface area contributed by atoms with E-state index in [0.29, 0.717) is 25.8 Å². The summed E-state index contributed by atoms with van der Waals surface area (Å²) in [5, 5.41) is 3.59. The van der Waals surface area contributed by atoms with Crippen molar-refractivity contribution in [2.45, 2.75) is 50.7 Å². The number of rotatable bonds is 12. The van der Waals surface area contributed by atoms with Gasteiger partial charge in [0.1, 0.15) is 12.6 Å². The smallest absolute Gasteiger partial charge is 0.264 e. The average Bonchev–Trinajstić information content (AvgIpc) is 2.99. The standard InChI is InChI=1S/C34H34BrCl2N3O4S/c1-23(2)38-34(42)32(19-25-8-5-4-6-9-25)39(21-26-14-17-30(36)31(37)18-26)33(41)22-40(28-11-7-10-27(35)20-28)45(43,44)29-15-12-24(3)13-16-29/h4-18,20,23,32H,19,21-22H2,1-3H3,(H,38,42). The van der Waals surface area contributed by atoms with Crippen LogP contribution >= 0.6 is 39.1 Å². The van der Waals surface area contributed by atoms with Gasteiger partial charge < -0.3 is 10.2 Å². The molecule has 7 nitrogen and oxygen atoms in total. The van der Waals surface area contributed by atoms with Gasteiger partial charge >= 0.3 is 0 Å². The van der Waals surface area contributed by atoms with Gasteiger partial charge in [0.2, 0.25) is 11.8 Å². The van der Waals surface area contributed by atoms with Crippen molar-refractivity contribution in [3.05, 3.63) is 128 Å². The molecule has 0 saturated carbocycles. The molecule has 0 radical (unpaired) electrons. The summed E-state index contributed by atoms with van der Waals surface area (Å²) < 4.78 is 30.0. The number of sulfonamides is 1. The van der Waals surface area contributed by atoms with Crippen LogP contribution in [0, 0.1) is 6.92 Å². The number of carbonyl (C=O) groups excluding carboxylic acids is 2. The molecule has 45 heavy (non-hydrogen) atoms. The van der Waals surface area contributed by atoms with Crippen LogP contribution in [0.15, 0.2) is 106 Å². The van der Waals surface area contributed by atoms with Crippen LogP contribution in [0.5, 0.6) is 0 Å². The van der Waals surface area contributed by atoms with Gasteiger partial charge in [-0.05, 0) is 74.4 Å². The Morgan fingerprint density at radius 2 is 1.53 bits per heavy atom. The Morgan fingerprint density at radius 3 is 2.16 bits per heavy atom. The molecule has 0 fully saturated rings. The van der Waals surface area contributed by atoms with Gasteiger partial charge in [-0.2, -0.15) is 0 Å². The normalized spacial score (nSPS) is 12.1. The first-order valence-electron chi connectivity index (χ1n) is 14.3. The average molecular weight is 732 g/mol. The molecule has 0 bridgehead atoms. The maximum absolute atomic E-state index is 14.5. The molecule has 236 valence electrons. The van der Waals surface area contributed by atoms with Crippen molar-refractivity contribution in [2.24, 2.45) is 0 Å². The van der Waals surface area contributed by atoms with Crippen LogP contribution < -0.4 is 9.62 Å². The van der Waals surface area contributed by atoms with Gasteiger partial charge in [0.05, 0.1) is 20.6 Å². The summed E-state index contributed by atoms with van der Waals surface area (Å²) in [5.41, 5.74) is 2.65. The molecular weight excluding hydrogens is 697 g/mol. The van der Waals surface area contributed by atoms with Gasteiger partial charge in [-0.25, -0.2) is 8.42 Å². The second-order valence-electron chi connectivity index (χ2n) is 10.9. The first-order valence-corrected chi connectivity index (χ1v) is 17.3. The lowest BCUT2D eigenvalue weighted by molar-refractivity contribution is -0.140. The lowest BCUT2D eigenvalue weighted by Gasteiger charge is -2.34. The number of aryl methyl sites for hydroxylation is 1. The summed E-state index contributed by atoms with van der Waals surface area (Å²) in [6, 6.07) is 26.3. The zero-order chi connectivity index (χ0) is 32.7. The molecule has 1 atom stereocenters. The van der Waals surface area contributed by atoms with Crippen molar-refractivity contribution in [1.82, 2.24) is 10.2 Å². The van der Waals surface area contributed by atoms with E-state index in [1.54, 1.807) is 54.6 Å². The predicted molar refractivity (Wildman–Crippen MR) is 184 cm³/mol. The number of nitrogens with one attached hydrogen (secondary N) is 1. The minimum absolute atomic E-state index is 0.0182. The first kappa shape index (κ1) is 34.5. The number of benzene rings is 4. The Bertz CT molecular complexity index is 1750. The monoisotopic (exact) mass is 729 g/mol. The van der Waals surface area contributed by atoms with E-state index in [0.717, 1.165) is 15.4 Å². The molecule has 4 aromatic carbocycles. The fourth-order valence-electron chi connectivity index (χ4n) is 4.77. The minimum atomic E-state index is -4.20. The summed E-state index contributed by atoms with van der Waals surface area (Å²) in [4.78, 5) is 29.7. The summed E-state index contributed by atoms with van der Waals surface area (Å²) >= 11 is 15.9. The van der Waals surface area contributed by atoms with Crippen LogP contribution in [0.1, 0.15) is 30.5 Å². The highest BCUT2D eigenvalue weighted by atomic mass is 79.9. The summed E-state index contributed by atoms with van der Waals surface area (Å²) in [6.45, 7) is 4.96. The van der Waals surface area contributed by atoms with Crippen molar-refractivity contribution in [2.75, 3.05) is 10.8 Å². The van der Waals surface area contributed by atoms with Gasteiger partial charge in [-0.15, -0.1) is 0 Å². The second-order valence-corrected chi connectivity index (χ2v) is 14.5. The van der Waals surface area contributed by atoms with E-state index < -0.39 is 28.5 Å². The quantitative estimate of drug-likeness (QED) is 0.164. The maximum Gasteiger partial charge on any atom is 0.264 e. The van der Waals surface area contributed by atoms with Crippen LogP contribution in [-0.4, -0.2) is 43.8 Å². The van der Waals surface area contributed by atoms with Gasteiger partial charge in [-0.3, -0.25) is 13.9 Å². The number of amides is 2. The fraction of sp³-hybridized carbons (Fsp3) is 0.235. The Labute approximate surface area is 283 Å². The highest BCUT2D eigenvalue weighted by Crippen LogP contribution is 2.28. The zero-order valence-corrected chi connectivity index (χ0v) is 29.0. The molecule has 11 heteroatoms. The van der Waals surface area contributed by atoms with Crippen molar-refractivity contribution in [1.29, 1.82) is 0 Å². The van der Waals surface area contributed by atoms with E-state index in [2.05, 4.69) is 21.2 Å². The molecule has 4 rings (SSSR count). The summed E-state index contributed by atoms with van der Waals surface area (Å²) in [7, 11) is -4.20. The third kappa shape index (κ3) is 9.10. The molecular formula is C34H34BrCl2N3O4S. The number of anilines is 1. The topological polar surface area (TPSA) is 86.8 Å². The van der Waals surface area contributed by atoms with E-state index >= 15 is 0 Å². The molecule has 2 amide bonds. The Hall–Kier alpha value is -3.37. The first-order chi connectivity index (χ1) is 21.3. The zero-order valence-electron chi connectivity index (χ0n) is 25.1. The number of nitrogens with zero attached hydrogens (tertiary/aromatic N) is 2. The van der Waals surface area contributed by atoms with Crippen LogP contribution in [0.3, 0.4) is 0 Å². The summed E-state index contributed by atoms with van der Waals surface area (Å²) in [5.74, 6) is -0.936. The van der Waals surface area contributed by atoms with E-state index in [-0.39, 0.29) is 29.8 Å². The SMILES string of the molecule is Cc1ccc(S(=O)(=O)N(CC(=O)N(Cc2ccc(Cl)c(Cl)c2)C(Cc2ccccc2)C(=O)NC(C)C)c2cccc(Br)c2)cc1. The number of hydrogen-bond acceptors (Lipinski definition) is 4. The Balaban J connectivity index is 1.82. The third-order valence-corrected chi connectivity index (χ3v) is 10.0. The molecule has 0 spiro atoms. The minimum Gasteiger partial charge on any atom is -0.352 e. The van der Waals surface area contributed by atoms with Crippen LogP contribution in [0.25, 0.3) is 0 Å². The van der Waals surface area contributed by atoms with Crippen LogP contribution in [0.4, 0.5) is 5.69 Å². The molecule has 0 heterocycles.